The van der Waals surface area contributed by atoms with Gasteiger partial charge < -0.3 is 15.0 Å². The van der Waals surface area contributed by atoms with Crippen LogP contribution in [0.2, 0.25) is 0 Å². The average Bonchev–Trinajstić information content (AvgIpc) is 3.10. The second-order valence-corrected chi connectivity index (χ2v) is 7.68. The first kappa shape index (κ1) is 19.6. The van der Waals surface area contributed by atoms with E-state index in [2.05, 4.69) is 30.2 Å². The van der Waals surface area contributed by atoms with Crippen LogP contribution >= 0.6 is 0 Å². The van der Waals surface area contributed by atoms with Crippen molar-refractivity contribution in [1.29, 1.82) is 0 Å². The molecule has 7 nitrogen and oxygen atoms in total. The molecule has 0 radical (unpaired) electrons. The van der Waals surface area contributed by atoms with Crippen molar-refractivity contribution in [3.05, 3.63) is 77.8 Å². The maximum Gasteiger partial charge on any atom is 0.227 e. The van der Waals surface area contributed by atoms with Crippen molar-refractivity contribution in [2.45, 2.75) is 19.6 Å². The molecule has 1 aliphatic rings. The Morgan fingerprint density at radius 2 is 2.06 bits per heavy atom. The Morgan fingerprint density at radius 1 is 1.19 bits per heavy atom. The standard InChI is InChI=1S/C23H23FN6O/c1-15-19(18-11-16(24)3-5-20(18)28-15)13-30-9-10-31-22(14-30)21-6-4-17(12-27-21)29-23-25-7-2-8-26-23/h2-8,11-12,22,28H,9-10,13-14H2,1H3,(H,25,26,29). The minimum Gasteiger partial charge on any atom is -0.369 e. The van der Waals surface area contributed by atoms with E-state index >= 15 is 0 Å². The van der Waals surface area contributed by atoms with Crippen LogP contribution in [0.4, 0.5) is 16.0 Å². The maximum atomic E-state index is 13.8. The van der Waals surface area contributed by atoms with E-state index in [-0.39, 0.29) is 11.9 Å². The Balaban J connectivity index is 1.28. The number of hydrogen-bond donors (Lipinski definition) is 2. The summed E-state index contributed by atoms with van der Waals surface area (Å²) < 4.78 is 19.8. The summed E-state index contributed by atoms with van der Waals surface area (Å²) in [7, 11) is 0. The van der Waals surface area contributed by atoms with Crippen molar-refractivity contribution >= 4 is 22.5 Å². The number of fused-ring (bicyclic) bond motifs is 1. The highest BCUT2D eigenvalue weighted by atomic mass is 19.1. The predicted molar refractivity (Wildman–Crippen MR) is 117 cm³/mol. The number of aromatic nitrogens is 4. The van der Waals surface area contributed by atoms with Gasteiger partial charge in [-0.15, -0.1) is 0 Å². The van der Waals surface area contributed by atoms with Gasteiger partial charge in [-0.1, -0.05) is 0 Å². The Bertz CT molecular complexity index is 1180. The Kier molecular flexibility index (Phi) is 5.31. The summed E-state index contributed by atoms with van der Waals surface area (Å²) in [4.78, 5) is 18.6. The summed E-state index contributed by atoms with van der Waals surface area (Å²) in [6.07, 6.45) is 5.02. The molecule has 0 aliphatic carbocycles. The van der Waals surface area contributed by atoms with E-state index in [1.54, 1.807) is 36.8 Å². The molecule has 1 fully saturated rings. The number of rotatable bonds is 5. The molecule has 2 N–H and O–H groups in total. The van der Waals surface area contributed by atoms with Crippen molar-refractivity contribution in [3.8, 4) is 0 Å². The van der Waals surface area contributed by atoms with E-state index in [0.717, 1.165) is 53.2 Å². The molecular weight excluding hydrogens is 395 g/mol. The molecule has 31 heavy (non-hydrogen) atoms. The normalized spacial score (nSPS) is 17.2. The van der Waals surface area contributed by atoms with Crippen LogP contribution in [0.5, 0.6) is 0 Å². The summed E-state index contributed by atoms with van der Waals surface area (Å²) in [5.41, 5.74) is 4.86. The number of nitrogens with zero attached hydrogens (tertiary/aromatic N) is 4. The van der Waals surface area contributed by atoms with Gasteiger partial charge in [-0.3, -0.25) is 9.88 Å². The first-order valence-electron chi connectivity index (χ1n) is 10.3. The van der Waals surface area contributed by atoms with Gasteiger partial charge in [0.15, 0.2) is 0 Å². The number of H-pyrrole nitrogens is 1. The van der Waals surface area contributed by atoms with Crippen LogP contribution in [0.15, 0.2) is 55.0 Å². The third kappa shape index (κ3) is 4.26. The summed E-state index contributed by atoms with van der Waals surface area (Å²) in [6.45, 7) is 4.95. The first-order chi connectivity index (χ1) is 15.2. The molecule has 5 rings (SSSR count). The fourth-order valence-corrected chi connectivity index (χ4v) is 3.97. The Hall–Kier alpha value is -3.36. The molecule has 8 heteroatoms. The quantitative estimate of drug-likeness (QED) is 0.508. The zero-order chi connectivity index (χ0) is 21.2. The zero-order valence-electron chi connectivity index (χ0n) is 17.2. The monoisotopic (exact) mass is 418 g/mol. The van der Waals surface area contributed by atoms with Crippen molar-refractivity contribution in [2.24, 2.45) is 0 Å². The fraction of sp³-hybridized carbons (Fsp3) is 0.261. The lowest BCUT2D eigenvalue weighted by Gasteiger charge is -2.32. The number of ether oxygens (including phenoxy) is 1. The van der Waals surface area contributed by atoms with Crippen molar-refractivity contribution < 1.29 is 9.13 Å². The highest BCUT2D eigenvalue weighted by Gasteiger charge is 2.24. The number of nitrogens with one attached hydrogen (secondary N) is 2. The maximum absolute atomic E-state index is 13.8. The molecule has 1 atom stereocenters. The minimum absolute atomic E-state index is 0.113. The van der Waals surface area contributed by atoms with Gasteiger partial charge in [0.25, 0.3) is 0 Å². The van der Waals surface area contributed by atoms with Crippen LogP contribution in [0.1, 0.15) is 23.1 Å². The van der Waals surface area contributed by atoms with Gasteiger partial charge in [-0.25, -0.2) is 14.4 Å². The van der Waals surface area contributed by atoms with Gasteiger partial charge in [0, 0.05) is 48.6 Å². The first-order valence-corrected chi connectivity index (χ1v) is 10.3. The number of aryl methyl sites for hydroxylation is 1. The Morgan fingerprint density at radius 3 is 2.87 bits per heavy atom. The van der Waals surface area contributed by atoms with Gasteiger partial charge in [0.2, 0.25) is 5.95 Å². The van der Waals surface area contributed by atoms with Gasteiger partial charge in [-0.2, -0.15) is 0 Å². The van der Waals surface area contributed by atoms with E-state index in [9.17, 15) is 4.39 Å². The number of hydrogen-bond acceptors (Lipinski definition) is 6. The van der Waals surface area contributed by atoms with Crippen LogP contribution < -0.4 is 5.32 Å². The highest BCUT2D eigenvalue weighted by Crippen LogP contribution is 2.27. The molecule has 0 amide bonds. The minimum atomic E-state index is -0.216. The summed E-state index contributed by atoms with van der Waals surface area (Å²) >= 11 is 0. The molecule has 4 heterocycles. The summed E-state index contributed by atoms with van der Waals surface area (Å²) in [6, 6.07) is 10.6. The molecule has 0 spiro atoms. The number of anilines is 2. The highest BCUT2D eigenvalue weighted by molar-refractivity contribution is 5.84. The second-order valence-electron chi connectivity index (χ2n) is 7.68. The topological polar surface area (TPSA) is 79.0 Å². The largest absolute Gasteiger partial charge is 0.369 e. The molecule has 1 saturated heterocycles. The number of halogens is 1. The van der Waals surface area contributed by atoms with E-state index < -0.39 is 0 Å². The van der Waals surface area contributed by atoms with Crippen LogP contribution in [0.3, 0.4) is 0 Å². The molecule has 3 aromatic heterocycles. The molecule has 4 aromatic rings. The summed E-state index contributed by atoms with van der Waals surface area (Å²) in [5.74, 6) is 0.314. The molecule has 158 valence electrons. The lowest BCUT2D eigenvalue weighted by Crippen LogP contribution is -2.38. The average molecular weight is 418 g/mol. The molecule has 0 saturated carbocycles. The smallest absolute Gasteiger partial charge is 0.227 e. The Labute approximate surface area is 179 Å². The molecule has 0 bridgehead atoms. The predicted octanol–water partition coefficient (Wildman–Crippen LogP) is 4.12. The van der Waals surface area contributed by atoms with Crippen LogP contribution in [-0.4, -0.2) is 44.5 Å². The second kappa shape index (κ2) is 8.41. The molecule has 1 aromatic carbocycles. The summed E-state index contributed by atoms with van der Waals surface area (Å²) in [5, 5.41) is 4.07. The lowest BCUT2D eigenvalue weighted by molar-refractivity contribution is -0.0349. The van der Waals surface area contributed by atoms with Gasteiger partial charge in [0.1, 0.15) is 11.9 Å². The lowest BCUT2D eigenvalue weighted by atomic mass is 10.1. The van der Waals surface area contributed by atoms with Crippen LogP contribution in [0.25, 0.3) is 10.9 Å². The number of morpholine rings is 1. The van der Waals surface area contributed by atoms with Crippen LogP contribution in [0, 0.1) is 12.7 Å². The number of pyridine rings is 1. The van der Waals surface area contributed by atoms with Gasteiger partial charge in [-0.05, 0) is 48.9 Å². The van der Waals surface area contributed by atoms with E-state index in [1.165, 1.54) is 6.07 Å². The third-order valence-corrected chi connectivity index (χ3v) is 5.55. The van der Waals surface area contributed by atoms with Crippen LogP contribution in [-0.2, 0) is 11.3 Å². The zero-order valence-corrected chi connectivity index (χ0v) is 17.2. The SMILES string of the molecule is Cc1[nH]c2ccc(F)cc2c1CN1CCOC(c2ccc(Nc3ncccn3)cn2)C1. The molecule has 1 unspecified atom stereocenters. The van der Waals surface area contributed by atoms with Gasteiger partial charge >= 0.3 is 0 Å². The van der Waals surface area contributed by atoms with E-state index in [0.29, 0.717) is 12.6 Å². The van der Waals surface area contributed by atoms with Crippen molar-refractivity contribution in [1.82, 2.24) is 24.8 Å². The fourth-order valence-electron chi connectivity index (χ4n) is 3.97. The number of benzene rings is 1. The van der Waals surface area contributed by atoms with E-state index in [1.807, 2.05) is 19.1 Å². The van der Waals surface area contributed by atoms with Crippen molar-refractivity contribution in [2.75, 3.05) is 25.0 Å². The van der Waals surface area contributed by atoms with Crippen molar-refractivity contribution in [3.63, 3.8) is 0 Å². The molecular formula is C23H23FN6O. The van der Waals surface area contributed by atoms with E-state index in [4.69, 9.17) is 4.74 Å². The number of aromatic amines is 1. The van der Waals surface area contributed by atoms with Gasteiger partial charge in [0.05, 0.1) is 24.2 Å². The molecule has 1 aliphatic heterocycles. The third-order valence-electron chi connectivity index (χ3n) is 5.55.